The number of anilines is 1. The first-order valence-corrected chi connectivity index (χ1v) is 12.8. The molecule has 6 aromatic heterocycles. The highest BCUT2D eigenvalue weighted by molar-refractivity contribution is 6.00. The molecule has 6 heterocycles. The zero-order valence-electron chi connectivity index (χ0n) is 20.6. The standard InChI is InChI=1S/C29H25N7O2/c37-29(17-4-2-1-3-5-17)33-21-8-19(11-30-13-21)20-9-23-27(35-36-28(23)32-12-20)25-10-22-24(18-6-7-38-16-18)14-31-15-26(22)34-25/h6-17,34H,1-5H2,(H,33,37)(H,32,35,36). The molecule has 0 aliphatic heterocycles. The van der Waals surface area contributed by atoms with E-state index < -0.39 is 0 Å². The lowest BCUT2D eigenvalue weighted by Gasteiger charge is -2.20. The van der Waals surface area contributed by atoms with Gasteiger partial charge in [-0.05, 0) is 37.1 Å². The molecule has 0 atom stereocenters. The number of hydrogen-bond acceptors (Lipinski definition) is 6. The first kappa shape index (κ1) is 22.4. The van der Waals surface area contributed by atoms with Crippen molar-refractivity contribution in [3.05, 3.63) is 67.8 Å². The molecule has 1 saturated carbocycles. The van der Waals surface area contributed by atoms with Gasteiger partial charge in [-0.1, -0.05) is 19.3 Å². The molecule has 0 spiro atoms. The van der Waals surface area contributed by atoms with Gasteiger partial charge in [0.15, 0.2) is 5.65 Å². The Morgan fingerprint density at radius 1 is 0.921 bits per heavy atom. The van der Waals surface area contributed by atoms with Gasteiger partial charge in [-0.3, -0.25) is 19.9 Å². The molecule has 1 fully saturated rings. The Morgan fingerprint density at radius 2 is 1.79 bits per heavy atom. The van der Waals surface area contributed by atoms with Crippen LogP contribution in [-0.4, -0.2) is 36.0 Å². The number of amides is 1. The summed E-state index contributed by atoms with van der Waals surface area (Å²) in [5, 5.41) is 12.6. The topological polar surface area (TPSA) is 125 Å². The summed E-state index contributed by atoms with van der Waals surface area (Å²) in [5.41, 5.74) is 7.61. The normalized spacial score (nSPS) is 14.3. The van der Waals surface area contributed by atoms with E-state index in [0.29, 0.717) is 11.3 Å². The van der Waals surface area contributed by atoms with Crippen LogP contribution in [0.2, 0.25) is 0 Å². The number of nitrogens with one attached hydrogen (secondary N) is 3. The van der Waals surface area contributed by atoms with Crippen molar-refractivity contribution in [1.29, 1.82) is 0 Å². The molecule has 188 valence electrons. The second-order valence-electron chi connectivity index (χ2n) is 9.82. The van der Waals surface area contributed by atoms with E-state index in [1.54, 1.807) is 37.3 Å². The van der Waals surface area contributed by atoms with E-state index in [9.17, 15) is 4.79 Å². The summed E-state index contributed by atoms with van der Waals surface area (Å²) in [4.78, 5) is 29.6. The molecule has 0 aromatic carbocycles. The molecule has 0 radical (unpaired) electrons. The molecule has 1 aliphatic rings. The highest BCUT2D eigenvalue weighted by Crippen LogP contribution is 2.34. The Bertz CT molecular complexity index is 1760. The molecule has 0 unspecified atom stereocenters. The molecular formula is C29H25N7O2. The van der Waals surface area contributed by atoms with Crippen LogP contribution in [0.15, 0.2) is 72.2 Å². The first-order chi connectivity index (χ1) is 18.7. The summed E-state index contributed by atoms with van der Waals surface area (Å²) < 4.78 is 5.28. The number of carbonyl (C=O) groups is 1. The smallest absolute Gasteiger partial charge is 0.227 e. The highest BCUT2D eigenvalue weighted by atomic mass is 16.3. The molecule has 9 heteroatoms. The van der Waals surface area contributed by atoms with Crippen molar-refractivity contribution in [1.82, 2.24) is 30.1 Å². The monoisotopic (exact) mass is 503 g/mol. The summed E-state index contributed by atoms with van der Waals surface area (Å²) in [6.45, 7) is 0. The molecule has 9 nitrogen and oxygen atoms in total. The van der Waals surface area contributed by atoms with Crippen LogP contribution in [0, 0.1) is 5.92 Å². The number of nitrogens with zero attached hydrogens (tertiary/aromatic N) is 4. The van der Waals surface area contributed by atoms with Crippen LogP contribution in [0.1, 0.15) is 32.1 Å². The Balaban J connectivity index is 1.23. The number of hydrogen-bond donors (Lipinski definition) is 3. The second-order valence-corrected chi connectivity index (χ2v) is 9.82. The number of carbonyl (C=O) groups excluding carboxylic acids is 1. The van der Waals surface area contributed by atoms with Crippen molar-refractivity contribution in [3.63, 3.8) is 0 Å². The quantitative estimate of drug-likeness (QED) is 0.252. The van der Waals surface area contributed by atoms with E-state index in [4.69, 9.17) is 4.42 Å². The van der Waals surface area contributed by atoms with E-state index >= 15 is 0 Å². The van der Waals surface area contributed by atoms with E-state index in [2.05, 4.69) is 41.5 Å². The van der Waals surface area contributed by atoms with Crippen LogP contribution in [0.5, 0.6) is 0 Å². The summed E-state index contributed by atoms with van der Waals surface area (Å²) in [6.07, 6.45) is 17.6. The summed E-state index contributed by atoms with van der Waals surface area (Å²) in [7, 11) is 0. The molecule has 1 amide bonds. The number of aromatic nitrogens is 6. The van der Waals surface area contributed by atoms with Gasteiger partial charge in [-0.2, -0.15) is 5.10 Å². The molecular weight excluding hydrogens is 478 g/mol. The third kappa shape index (κ3) is 4.02. The van der Waals surface area contributed by atoms with Crippen LogP contribution in [0.4, 0.5) is 5.69 Å². The number of fused-ring (bicyclic) bond motifs is 2. The molecule has 3 N–H and O–H groups in total. The lowest BCUT2D eigenvalue weighted by molar-refractivity contribution is -0.120. The zero-order chi connectivity index (χ0) is 25.5. The number of rotatable bonds is 5. The van der Waals surface area contributed by atoms with Crippen LogP contribution < -0.4 is 5.32 Å². The summed E-state index contributed by atoms with van der Waals surface area (Å²) >= 11 is 0. The third-order valence-corrected chi connectivity index (χ3v) is 7.36. The van der Waals surface area contributed by atoms with Crippen molar-refractivity contribution in [2.75, 3.05) is 5.32 Å². The van der Waals surface area contributed by atoms with Gasteiger partial charge in [0, 0.05) is 57.5 Å². The van der Waals surface area contributed by atoms with Gasteiger partial charge in [0.25, 0.3) is 0 Å². The maximum Gasteiger partial charge on any atom is 0.227 e. The van der Waals surface area contributed by atoms with Gasteiger partial charge in [0.1, 0.15) is 5.69 Å². The minimum Gasteiger partial charge on any atom is -0.472 e. The minimum absolute atomic E-state index is 0.0810. The third-order valence-electron chi connectivity index (χ3n) is 7.36. The van der Waals surface area contributed by atoms with E-state index in [-0.39, 0.29) is 11.8 Å². The zero-order valence-corrected chi connectivity index (χ0v) is 20.6. The van der Waals surface area contributed by atoms with Gasteiger partial charge in [-0.15, -0.1) is 0 Å². The fourth-order valence-corrected chi connectivity index (χ4v) is 5.37. The van der Waals surface area contributed by atoms with Crippen molar-refractivity contribution in [3.8, 4) is 33.6 Å². The van der Waals surface area contributed by atoms with Crippen LogP contribution in [0.25, 0.3) is 55.6 Å². The number of pyridine rings is 3. The van der Waals surface area contributed by atoms with Crippen LogP contribution >= 0.6 is 0 Å². The molecule has 1 aliphatic carbocycles. The SMILES string of the molecule is O=C(Nc1cncc(-c2cnc3[nH]nc(-c4cc5c(-c6ccoc6)cncc5[nH]4)c3c2)c1)C1CCCCC1. The summed E-state index contributed by atoms with van der Waals surface area (Å²) in [6, 6.07) is 7.99. The second kappa shape index (κ2) is 9.26. The van der Waals surface area contributed by atoms with Gasteiger partial charge in [0.05, 0.1) is 41.8 Å². The molecule has 38 heavy (non-hydrogen) atoms. The predicted molar refractivity (Wildman–Crippen MR) is 145 cm³/mol. The fraction of sp³-hybridized carbons (Fsp3) is 0.207. The van der Waals surface area contributed by atoms with E-state index in [1.165, 1.54) is 6.42 Å². The first-order valence-electron chi connectivity index (χ1n) is 12.8. The van der Waals surface area contributed by atoms with Crippen molar-refractivity contribution in [2.24, 2.45) is 5.92 Å². The molecule has 7 rings (SSSR count). The molecule has 0 bridgehead atoms. The minimum atomic E-state index is 0.0810. The average Bonchev–Trinajstić information content (AvgIpc) is 3.73. The van der Waals surface area contributed by atoms with Gasteiger partial charge in [-0.25, -0.2) is 4.98 Å². The Labute approximate surface area is 217 Å². The van der Waals surface area contributed by atoms with E-state index in [0.717, 1.165) is 75.6 Å². The van der Waals surface area contributed by atoms with E-state index in [1.807, 2.05) is 24.4 Å². The number of aromatic amines is 2. The Kier molecular flexibility index (Phi) is 5.46. The largest absolute Gasteiger partial charge is 0.472 e. The highest BCUT2D eigenvalue weighted by Gasteiger charge is 2.21. The van der Waals surface area contributed by atoms with Crippen molar-refractivity contribution < 1.29 is 9.21 Å². The van der Waals surface area contributed by atoms with Gasteiger partial charge >= 0.3 is 0 Å². The van der Waals surface area contributed by atoms with Crippen molar-refractivity contribution in [2.45, 2.75) is 32.1 Å². The number of H-pyrrole nitrogens is 2. The van der Waals surface area contributed by atoms with Gasteiger partial charge < -0.3 is 14.7 Å². The van der Waals surface area contributed by atoms with Crippen LogP contribution in [0.3, 0.4) is 0 Å². The predicted octanol–water partition coefficient (Wildman–Crippen LogP) is 6.34. The molecule has 0 saturated heterocycles. The number of furan rings is 1. The fourth-order valence-electron chi connectivity index (χ4n) is 5.37. The van der Waals surface area contributed by atoms with Crippen molar-refractivity contribution >= 4 is 33.5 Å². The van der Waals surface area contributed by atoms with Crippen LogP contribution in [-0.2, 0) is 4.79 Å². The summed E-state index contributed by atoms with van der Waals surface area (Å²) in [5.74, 6) is 0.164. The maximum atomic E-state index is 12.8. The molecule has 6 aromatic rings. The van der Waals surface area contributed by atoms with Gasteiger partial charge in [0.2, 0.25) is 5.91 Å². The maximum absolute atomic E-state index is 12.8. The lowest BCUT2D eigenvalue weighted by Crippen LogP contribution is -2.24. The lowest BCUT2D eigenvalue weighted by atomic mass is 9.88. The average molecular weight is 504 g/mol. The Hall–Kier alpha value is -4.79. The Morgan fingerprint density at radius 3 is 2.66 bits per heavy atom.